The van der Waals surface area contributed by atoms with Gasteiger partial charge in [0, 0.05) is 10.6 Å². The third kappa shape index (κ3) is 2.81. The molecule has 108 valence electrons. The molecule has 0 unspecified atom stereocenters. The number of amides is 1. The summed E-state index contributed by atoms with van der Waals surface area (Å²) in [6, 6.07) is 8.42. The van der Waals surface area contributed by atoms with Gasteiger partial charge in [-0.2, -0.15) is 0 Å². The maximum atomic E-state index is 11.7. The topological polar surface area (TPSA) is 56.0 Å². The zero-order valence-electron chi connectivity index (χ0n) is 12.3. The largest absolute Gasteiger partial charge is 0.366 e. The normalized spacial score (nSPS) is 13.2. The predicted molar refractivity (Wildman–Crippen MR) is 84.8 cm³/mol. The molecule has 3 rings (SSSR count). The Hall–Kier alpha value is -1.81. The maximum absolute atomic E-state index is 11.7. The van der Waals surface area contributed by atoms with Crippen LogP contribution in [0.2, 0.25) is 0 Å². The lowest BCUT2D eigenvalue weighted by Crippen LogP contribution is -2.15. The summed E-state index contributed by atoms with van der Waals surface area (Å²) in [6.07, 6.45) is 3.55. The number of aryl methyl sites for hydroxylation is 4. The Labute approximate surface area is 129 Å². The van der Waals surface area contributed by atoms with Crippen molar-refractivity contribution in [2.45, 2.75) is 43.0 Å². The molecule has 0 saturated heterocycles. The Kier molecular flexibility index (Phi) is 3.72. The molecule has 0 bridgehead atoms. The molecule has 2 N–H and O–H groups in total. The molecule has 1 amide bonds. The van der Waals surface area contributed by atoms with Crippen molar-refractivity contribution in [3.8, 4) is 0 Å². The fourth-order valence-electron chi connectivity index (χ4n) is 2.90. The first-order chi connectivity index (χ1) is 10.0. The number of aromatic nitrogens is 1. The van der Waals surface area contributed by atoms with Gasteiger partial charge in [0.05, 0.1) is 5.56 Å². The second-order valence-corrected chi connectivity index (χ2v) is 6.57. The molecule has 21 heavy (non-hydrogen) atoms. The number of carbonyl (C=O) groups is 1. The van der Waals surface area contributed by atoms with E-state index >= 15 is 0 Å². The van der Waals surface area contributed by atoms with E-state index in [-0.39, 0.29) is 0 Å². The van der Waals surface area contributed by atoms with Crippen LogP contribution in [0, 0.1) is 13.8 Å². The number of nitrogens with two attached hydrogens (primary N) is 1. The van der Waals surface area contributed by atoms with Crippen LogP contribution in [0.25, 0.3) is 0 Å². The van der Waals surface area contributed by atoms with Gasteiger partial charge in [0.15, 0.2) is 0 Å². The number of nitrogens with zero attached hydrogens (tertiary/aromatic N) is 1. The highest BCUT2D eigenvalue weighted by Gasteiger charge is 2.17. The monoisotopic (exact) mass is 298 g/mol. The van der Waals surface area contributed by atoms with Crippen molar-refractivity contribution in [1.82, 2.24) is 4.98 Å². The Balaban J connectivity index is 1.99. The molecule has 1 aliphatic rings. The number of hydrogen-bond acceptors (Lipinski definition) is 3. The Bertz CT molecular complexity index is 725. The minimum Gasteiger partial charge on any atom is -0.366 e. The van der Waals surface area contributed by atoms with E-state index in [0.29, 0.717) is 10.6 Å². The first kappa shape index (κ1) is 14.1. The molecule has 3 nitrogen and oxygen atoms in total. The summed E-state index contributed by atoms with van der Waals surface area (Å²) in [6.45, 7) is 3.84. The average Bonchev–Trinajstić information content (AvgIpc) is 2.84. The summed E-state index contributed by atoms with van der Waals surface area (Å²) >= 11 is 1.52. The van der Waals surface area contributed by atoms with E-state index in [1.807, 2.05) is 19.9 Å². The van der Waals surface area contributed by atoms with Crippen LogP contribution in [0.5, 0.6) is 0 Å². The van der Waals surface area contributed by atoms with Gasteiger partial charge in [-0.1, -0.05) is 17.8 Å². The minimum absolute atomic E-state index is 0.413. The first-order valence-electron chi connectivity index (χ1n) is 7.12. The average molecular weight is 298 g/mol. The third-order valence-electron chi connectivity index (χ3n) is 3.84. The summed E-state index contributed by atoms with van der Waals surface area (Å²) in [5.74, 6) is -0.413. The molecule has 1 aromatic carbocycles. The van der Waals surface area contributed by atoms with E-state index in [1.54, 1.807) is 0 Å². The fraction of sp³-hybridized carbons (Fsp3) is 0.294. The van der Waals surface area contributed by atoms with Gasteiger partial charge in [0.1, 0.15) is 5.03 Å². The third-order valence-corrected chi connectivity index (χ3v) is 4.82. The van der Waals surface area contributed by atoms with Crippen LogP contribution in [0.3, 0.4) is 0 Å². The van der Waals surface area contributed by atoms with Crippen molar-refractivity contribution >= 4 is 17.7 Å². The molecule has 1 aromatic heterocycles. The van der Waals surface area contributed by atoms with E-state index in [1.165, 1.54) is 35.7 Å². The second kappa shape index (κ2) is 5.53. The molecule has 0 fully saturated rings. The SMILES string of the molecule is Cc1cc(C)c(C(N)=O)c(Sc2ccc3c(c2)CCC3)n1. The summed E-state index contributed by atoms with van der Waals surface area (Å²) < 4.78 is 0. The van der Waals surface area contributed by atoms with Crippen LogP contribution in [0.15, 0.2) is 34.2 Å². The van der Waals surface area contributed by atoms with E-state index < -0.39 is 5.91 Å². The summed E-state index contributed by atoms with van der Waals surface area (Å²) in [5, 5.41) is 0.706. The zero-order valence-corrected chi connectivity index (χ0v) is 13.1. The molecule has 1 heterocycles. The highest BCUT2D eigenvalue weighted by Crippen LogP contribution is 2.33. The van der Waals surface area contributed by atoms with Gasteiger partial charge >= 0.3 is 0 Å². The Morgan fingerprint density at radius 3 is 2.71 bits per heavy atom. The molecule has 2 aromatic rings. The summed E-state index contributed by atoms with van der Waals surface area (Å²) in [4.78, 5) is 17.3. The lowest BCUT2D eigenvalue weighted by molar-refractivity contribution is 0.0996. The van der Waals surface area contributed by atoms with E-state index in [2.05, 4.69) is 23.2 Å². The molecule has 0 atom stereocenters. The number of hydrogen-bond donors (Lipinski definition) is 1. The summed E-state index contributed by atoms with van der Waals surface area (Å²) in [7, 11) is 0. The Morgan fingerprint density at radius 1 is 1.19 bits per heavy atom. The highest BCUT2D eigenvalue weighted by atomic mass is 32.2. The number of primary amides is 1. The fourth-order valence-corrected chi connectivity index (χ4v) is 4.01. The number of benzene rings is 1. The van der Waals surface area contributed by atoms with Crippen LogP contribution in [0.1, 0.15) is 39.2 Å². The number of rotatable bonds is 3. The van der Waals surface area contributed by atoms with Crippen LogP contribution in [0.4, 0.5) is 0 Å². The molecule has 1 aliphatic carbocycles. The number of fused-ring (bicyclic) bond motifs is 1. The van der Waals surface area contributed by atoms with Gasteiger partial charge in [0.25, 0.3) is 5.91 Å². The summed E-state index contributed by atoms with van der Waals surface area (Å²) in [5.41, 5.74) is 10.7. The Morgan fingerprint density at radius 2 is 1.95 bits per heavy atom. The zero-order chi connectivity index (χ0) is 15.0. The first-order valence-corrected chi connectivity index (χ1v) is 7.94. The lowest BCUT2D eigenvalue weighted by atomic mass is 10.1. The minimum atomic E-state index is -0.413. The van der Waals surface area contributed by atoms with Crippen LogP contribution < -0.4 is 5.73 Å². The molecule has 0 aliphatic heterocycles. The van der Waals surface area contributed by atoms with Crippen LogP contribution in [-0.2, 0) is 12.8 Å². The van der Waals surface area contributed by atoms with Crippen LogP contribution in [-0.4, -0.2) is 10.9 Å². The predicted octanol–water partition coefficient (Wildman–Crippen LogP) is 3.44. The smallest absolute Gasteiger partial charge is 0.251 e. The number of carbonyl (C=O) groups excluding carboxylic acids is 1. The molecular formula is C17H18N2OS. The maximum Gasteiger partial charge on any atom is 0.251 e. The van der Waals surface area contributed by atoms with Gasteiger partial charge in [0.2, 0.25) is 0 Å². The van der Waals surface area contributed by atoms with Crippen molar-refractivity contribution in [3.05, 3.63) is 52.2 Å². The standard InChI is InChI=1S/C17H18N2OS/c1-10-8-11(2)19-17(15(10)16(18)20)21-14-7-6-12-4-3-5-13(12)9-14/h6-9H,3-5H2,1-2H3,(H2,18,20). The quantitative estimate of drug-likeness (QED) is 0.944. The van der Waals surface area contributed by atoms with Crippen molar-refractivity contribution in [3.63, 3.8) is 0 Å². The molecule has 0 spiro atoms. The van der Waals surface area contributed by atoms with Crippen molar-refractivity contribution < 1.29 is 4.79 Å². The van der Waals surface area contributed by atoms with E-state index in [0.717, 1.165) is 22.6 Å². The number of pyridine rings is 1. The van der Waals surface area contributed by atoms with E-state index in [9.17, 15) is 4.79 Å². The van der Waals surface area contributed by atoms with Crippen LogP contribution >= 0.6 is 11.8 Å². The highest BCUT2D eigenvalue weighted by molar-refractivity contribution is 7.99. The van der Waals surface area contributed by atoms with Gasteiger partial charge in [-0.05, 0) is 68.0 Å². The molecule has 0 radical (unpaired) electrons. The van der Waals surface area contributed by atoms with Crippen molar-refractivity contribution in [2.75, 3.05) is 0 Å². The van der Waals surface area contributed by atoms with Gasteiger partial charge in [-0.3, -0.25) is 4.79 Å². The van der Waals surface area contributed by atoms with Gasteiger partial charge in [-0.15, -0.1) is 0 Å². The lowest BCUT2D eigenvalue weighted by Gasteiger charge is -2.11. The van der Waals surface area contributed by atoms with Gasteiger partial charge in [-0.25, -0.2) is 4.98 Å². The molecule has 0 saturated carbocycles. The second-order valence-electron chi connectivity index (χ2n) is 5.51. The molecular weight excluding hydrogens is 280 g/mol. The van der Waals surface area contributed by atoms with Crippen molar-refractivity contribution in [1.29, 1.82) is 0 Å². The van der Waals surface area contributed by atoms with E-state index in [4.69, 9.17) is 5.73 Å². The molecule has 4 heteroatoms. The van der Waals surface area contributed by atoms with Crippen molar-refractivity contribution in [2.24, 2.45) is 5.73 Å². The van der Waals surface area contributed by atoms with Gasteiger partial charge < -0.3 is 5.73 Å².